The fraction of sp³-hybridized carbons (Fsp3) is 0.385. The third kappa shape index (κ3) is 4.83. The van der Waals surface area contributed by atoms with Crippen LogP contribution in [0, 0.1) is 13.8 Å². The van der Waals surface area contributed by atoms with Gasteiger partial charge in [-0.25, -0.2) is 17.9 Å². The lowest BCUT2D eigenvalue weighted by Crippen LogP contribution is -2.35. The van der Waals surface area contributed by atoms with E-state index < -0.39 is 21.9 Å². The molecule has 3 N–H and O–H groups in total. The minimum absolute atomic E-state index is 0.0384. The number of sulfonamides is 1. The smallest absolute Gasteiger partial charge is 0.336 e. The van der Waals surface area contributed by atoms with E-state index in [-0.39, 0.29) is 24.2 Å². The highest BCUT2D eigenvalue weighted by Gasteiger charge is 2.20. The summed E-state index contributed by atoms with van der Waals surface area (Å²) < 4.78 is 24.0. The summed E-state index contributed by atoms with van der Waals surface area (Å²) in [5, 5.41) is 11.7. The molecule has 0 atom stereocenters. The summed E-state index contributed by atoms with van der Waals surface area (Å²) in [4.78, 5) is 23.4. The molecule has 1 rings (SSSR count). The van der Waals surface area contributed by atoms with Gasteiger partial charge in [-0.3, -0.25) is 4.79 Å². The number of rotatable bonds is 6. The molecular formula is C13H18N2O5S. The maximum Gasteiger partial charge on any atom is 0.336 e. The maximum atomic E-state index is 12.1. The van der Waals surface area contributed by atoms with E-state index in [2.05, 4.69) is 10.0 Å². The van der Waals surface area contributed by atoms with Gasteiger partial charge < -0.3 is 10.4 Å². The average molecular weight is 314 g/mol. The Morgan fingerprint density at radius 1 is 1.10 bits per heavy atom. The van der Waals surface area contributed by atoms with Gasteiger partial charge in [-0.2, -0.15) is 0 Å². The van der Waals surface area contributed by atoms with Gasteiger partial charge >= 0.3 is 5.97 Å². The Morgan fingerprint density at radius 3 is 2.10 bits per heavy atom. The molecule has 0 fully saturated rings. The Labute approximate surface area is 123 Å². The summed E-state index contributed by atoms with van der Waals surface area (Å²) >= 11 is 0. The van der Waals surface area contributed by atoms with E-state index in [0.29, 0.717) is 11.1 Å². The molecule has 7 nitrogen and oxygen atoms in total. The van der Waals surface area contributed by atoms with Crippen LogP contribution in [0.5, 0.6) is 0 Å². The normalized spacial score (nSPS) is 11.2. The molecule has 1 aromatic rings. The number of carboxylic acids is 1. The van der Waals surface area contributed by atoms with Crippen LogP contribution >= 0.6 is 0 Å². The Bertz CT molecular complexity index is 667. The van der Waals surface area contributed by atoms with E-state index in [1.807, 2.05) is 0 Å². The second-order valence-electron chi connectivity index (χ2n) is 4.68. The van der Waals surface area contributed by atoms with E-state index in [9.17, 15) is 23.1 Å². The van der Waals surface area contributed by atoms with Crippen molar-refractivity contribution in [3.63, 3.8) is 0 Å². The first-order valence-electron chi connectivity index (χ1n) is 6.20. The zero-order valence-electron chi connectivity index (χ0n) is 12.1. The highest BCUT2D eigenvalue weighted by molar-refractivity contribution is 7.88. The summed E-state index contributed by atoms with van der Waals surface area (Å²) in [6.45, 7) is 3.37. The minimum Gasteiger partial charge on any atom is -0.478 e. The maximum absolute atomic E-state index is 12.1. The highest BCUT2D eigenvalue weighted by atomic mass is 32.2. The lowest BCUT2D eigenvalue weighted by atomic mass is 9.96. The SMILES string of the molecule is Cc1ccc(C)c(C(=O)NCCNS(C)(=O)=O)c1C(=O)O. The van der Waals surface area contributed by atoms with Crippen molar-refractivity contribution < 1.29 is 23.1 Å². The third-order valence-electron chi connectivity index (χ3n) is 2.84. The van der Waals surface area contributed by atoms with Crippen LogP contribution in [0.15, 0.2) is 12.1 Å². The molecule has 0 aliphatic heterocycles. The quantitative estimate of drug-likeness (QED) is 0.653. The number of amides is 1. The van der Waals surface area contributed by atoms with Crippen LogP contribution in [0.1, 0.15) is 31.8 Å². The number of carbonyl (C=O) groups excluding carboxylic acids is 1. The van der Waals surface area contributed by atoms with Crippen molar-refractivity contribution in [3.8, 4) is 0 Å². The van der Waals surface area contributed by atoms with Gasteiger partial charge in [0.15, 0.2) is 0 Å². The van der Waals surface area contributed by atoms with Crippen LogP contribution < -0.4 is 10.0 Å². The molecule has 0 bridgehead atoms. The number of benzene rings is 1. The van der Waals surface area contributed by atoms with E-state index in [1.165, 1.54) is 0 Å². The molecule has 0 radical (unpaired) electrons. The second-order valence-corrected chi connectivity index (χ2v) is 6.51. The summed E-state index contributed by atoms with van der Waals surface area (Å²) in [6.07, 6.45) is 1.02. The molecule has 116 valence electrons. The number of nitrogens with one attached hydrogen (secondary N) is 2. The molecule has 0 unspecified atom stereocenters. The lowest BCUT2D eigenvalue weighted by Gasteiger charge is -2.12. The van der Waals surface area contributed by atoms with Crippen LogP contribution in [0.4, 0.5) is 0 Å². The molecule has 0 saturated carbocycles. The monoisotopic (exact) mass is 314 g/mol. The minimum atomic E-state index is -3.32. The van der Waals surface area contributed by atoms with Crippen molar-refractivity contribution in [1.29, 1.82) is 0 Å². The molecule has 0 spiro atoms. The molecule has 1 amide bonds. The molecule has 21 heavy (non-hydrogen) atoms. The first-order chi connectivity index (χ1) is 9.63. The van der Waals surface area contributed by atoms with Gasteiger partial charge in [-0.15, -0.1) is 0 Å². The molecule has 1 aromatic carbocycles. The lowest BCUT2D eigenvalue weighted by molar-refractivity contribution is 0.0690. The van der Waals surface area contributed by atoms with Gasteiger partial charge in [0, 0.05) is 13.1 Å². The Hall–Kier alpha value is -1.93. The Morgan fingerprint density at radius 2 is 1.62 bits per heavy atom. The molecule has 8 heteroatoms. The van der Waals surface area contributed by atoms with Gasteiger partial charge in [-0.1, -0.05) is 12.1 Å². The van der Waals surface area contributed by atoms with Gasteiger partial charge in [0.1, 0.15) is 0 Å². The van der Waals surface area contributed by atoms with Crippen molar-refractivity contribution in [1.82, 2.24) is 10.0 Å². The van der Waals surface area contributed by atoms with E-state index in [1.54, 1.807) is 26.0 Å². The number of aromatic carboxylic acids is 1. The largest absolute Gasteiger partial charge is 0.478 e. The predicted octanol–water partition coefficient (Wildman–Crippen LogP) is 0.281. The van der Waals surface area contributed by atoms with Crippen LogP contribution in [-0.2, 0) is 10.0 Å². The molecule has 0 aliphatic rings. The number of carboxylic acid groups (broad SMARTS) is 1. The summed E-state index contributed by atoms with van der Waals surface area (Å²) in [6, 6.07) is 3.31. The predicted molar refractivity (Wildman–Crippen MR) is 78.1 cm³/mol. The topological polar surface area (TPSA) is 113 Å². The van der Waals surface area contributed by atoms with E-state index in [4.69, 9.17) is 0 Å². The summed E-state index contributed by atoms with van der Waals surface area (Å²) in [7, 11) is -3.32. The van der Waals surface area contributed by atoms with Crippen LogP contribution in [0.2, 0.25) is 0 Å². The van der Waals surface area contributed by atoms with Crippen LogP contribution in [0.3, 0.4) is 0 Å². The third-order valence-corrected chi connectivity index (χ3v) is 3.57. The number of carbonyl (C=O) groups is 2. The molecule has 0 aromatic heterocycles. The van der Waals surface area contributed by atoms with Crippen molar-refractivity contribution in [2.75, 3.05) is 19.3 Å². The summed E-state index contributed by atoms with van der Waals surface area (Å²) in [5.74, 6) is -1.71. The van der Waals surface area contributed by atoms with Gasteiger partial charge in [-0.05, 0) is 25.0 Å². The average Bonchev–Trinajstić information content (AvgIpc) is 2.35. The Kier molecular flexibility index (Phi) is 5.45. The molecule has 0 heterocycles. The van der Waals surface area contributed by atoms with Crippen LogP contribution in [-0.4, -0.2) is 44.7 Å². The van der Waals surface area contributed by atoms with Crippen molar-refractivity contribution in [2.24, 2.45) is 0 Å². The van der Waals surface area contributed by atoms with E-state index in [0.717, 1.165) is 6.26 Å². The fourth-order valence-electron chi connectivity index (χ4n) is 1.88. The van der Waals surface area contributed by atoms with Crippen LogP contribution in [0.25, 0.3) is 0 Å². The Balaban J connectivity index is 2.88. The second kappa shape index (κ2) is 6.68. The zero-order chi connectivity index (χ0) is 16.2. The highest BCUT2D eigenvalue weighted by Crippen LogP contribution is 2.18. The molecular weight excluding hydrogens is 296 g/mol. The van der Waals surface area contributed by atoms with Gasteiger partial charge in [0.2, 0.25) is 10.0 Å². The van der Waals surface area contributed by atoms with Gasteiger partial charge in [0.05, 0.1) is 17.4 Å². The number of hydrogen-bond donors (Lipinski definition) is 3. The zero-order valence-corrected chi connectivity index (χ0v) is 12.9. The van der Waals surface area contributed by atoms with Gasteiger partial charge in [0.25, 0.3) is 5.91 Å². The molecule has 0 saturated heterocycles. The first kappa shape index (κ1) is 17.1. The van der Waals surface area contributed by atoms with Crippen molar-refractivity contribution in [2.45, 2.75) is 13.8 Å². The van der Waals surface area contributed by atoms with E-state index >= 15 is 0 Å². The number of hydrogen-bond acceptors (Lipinski definition) is 4. The number of aryl methyl sites for hydroxylation is 2. The summed E-state index contributed by atoms with van der Waals surface area (Å²) in [5.41, 5.74) is 1.10. The first-order valence-corrected chi connectivity index (χ1v) is 8.09. The molecule has 0 aliphatic carbocycles. The standard InChI is InChI=1S/C13H18N2O5S/c1-8-4-5-9(2)11(13(17)18)10(8)12(16)14-6-7-15-21(3,19)20/h4-5,15H,6-7H2,1-3H3,(H,14,16)(H,17,18). The fourth-order valence-corrected chi connectivity index (χ4v) is 2.35. The van der Waals surface area contributed by atoms with Crippen molar-refractivity contribution >= 4 is 21.9 Å². The van der Waals surface area contributed by atoms with Crippen molar-refractivity contribution in [3.05, 3.63) is 34.4 Å².